The normalized spacial score (nSPS) is 23.4. The fourth-order valence-corrected chi connectivity index (χ4v) is 3.15. The number of likely N-dealkylation sites (tertiary alicyclic amines) is 1. The second-order valence-corrected chi connectivity index (χ2v) is 5.86. The molecule has 2 rings (SSSR count). The summed E-state index contributed by atoms with van der Waals surface area (Å²) in [6.07, 6.45) is 13.0. The Balaban J connectivity index is 1.67. The molecule has 0 bridgehead atoms. The van der Waals surface area contributed by atoms with Crippen molar-refractivity contribution in [3.8, 4) is 0 Å². The van der Waals surface area contributed by atoms with Crippen LogP contribution in [0.1, 0.15) is 64.2 Å². The molecule has 1 amide bonds. The lowest BCUT2D eigenvalue weighted by Gasteiger charge is -2.28. The van der Waals surface area contributed by atoms with E-state index in [9.17, 15) is 4.79 Å². The molecule has 0 aromatic carbocycles. The maximum Gasteiger partial charge on any atom is 0.236 e. The standard InChI is InChI=1S/C15H28N2O/c18-15(17-11-7-4-8-12-17)13-16-14-9-5-2-1-3-6-10-14/h14,16H,1-13H2. The number of nitrogens with zero attached hydrogens (tertiary/aromatic N) is 1. The van der Waals surface area contributed by atoms with Crippen molar-refractivity contribution < 1.29 is 4.79 Å². The largest absolute Gasteiger partial charge is 0.342 e. The molecule has 0 spiro atoms. The van der Waals surface area contributed by atoms with Crippen LogP contribution in [0, 0.1) is 0 Å². The first-order valence-corrected chi connectivity index (χ1v) is 7.87. The number of nitrogens with one attached hydrogen (secondary N) is 1. The molecular formula is C15H28N2O. The van der Waals surface area contributed by atoms with Crippen LogP contribution in [0.2, 0.25) is 0 Å². The predicted octanol–water partition coefficient (Wildman–Crippen LogP) is 2.70. The van der Waals surface area contributed by atoms with Crippen LogP contribution >= 0.6 is 0 Å². The van der Waals surface area contributed by atoms with Crippen molar-refractivity contribution in [2.24, 2.45) is 0 Å². The highest BCUT2D eigenvalue weighted by Gasteiger charge is 2.18. The molecule has 0 aromatic heterocycles. The van der Waals surface area contributed by atoms with Crippen LogP contribution in [0.4, 0.5) is 0 Å². The van der Waals surface area contributed by atoms with Crippen LogP contribution in [-0.4, -0.2) is 36.5 Å². The first-order valence-electron chi connectivity index (χ1n) is 7.87. The van der Waals surface area contributed by atoms with E-state index in [4.69, 9.17) is 0 Å². The molecule has 3 heteroatoms. The van der Waals surface area contributed by atoms with Gasteiger partial charge >= 0.3 is 0 Å². The molecule has 1 N–H and O–H groups in total. The summed E-state index contributed by atoms with van der Waals surface area (Å²) >= 11 is 0. The van der Waals surface area contributed by atoms with E-state index in [1.54, 1.807) is 0 Å². The van der Waals surface area contributed by atoms with Gasteiger partial charge in [0.15, 0.2) is 0 Å². The van der Waals surface area contributed by atoms with Gasteiger partial charge in [-0.2, -0.15) is 0 Å². The molecule has 0 radical (unpaired) electrons. The van der Waals surface area contributed by atoms with Gasteiger partial charge in [-0.3, -0.25) is 4.79 Å². The third kappa shape index (κ3) is 4.60. The van der Waals surface area contributed by atoms with E-state index < -0.39 is 0 Å². The predicted molar refractivity (Wildman–Crippen MR) is 74.5 cm³/mol. The quantitative estimate of drug-likeness (QED) is 0.837. The molecule has 3 nitrogen and oxygen atoms in total. The number of piperidine rings is 1. The van der Waals surface area contributed by atoms with E-state index in [1.807, 2.05) is 4.90 Å². The zero-order chi connectivity index (χ0) is 12.6. The minimum Gasteiger partial charge on any atom is -0.342 e. The Morgan fingerprint density at radius 1 is 0.889 bits per heavy atom. The molecule has 0 unspecified atom stereocenters. The highest BCUT2D eigenvalue weighted by molar-refractivity contribution is 5.78. The van der Waals surface area contributed by atoms with Crippen molar-refractivity contribution in [3.05, 3.63) is 0 Å². The fraction of sp³-hybridized carbons (Fsp3) is 0.933. The molecule has 104 valence electrons. The van der Waals surface area contributed by atoms with Gasteiger partial charge in [0, 0.05) is 19.1 Å². The topological polar surface area (TPSA) is 32.3 Å². The van der Waals surface area contributed by atoms with Crippen LogP contribution in [0.3, 0.4) is 0 Å². The van der Waals surface area contributed by atoms with E-state index in [1.165, 1.54) is 64.2 Å². The van der Waals surface area contributed by atoms with Crippen molar-refractivity contribution in [1.29, 1.82) is 0 Å². The Morgan fingerprint density at radius 2 is 1.44 bits per heavy atom. The third-order valence-electron chi connectivity index (χ3n) is 4.36. The van der Waals surface area contributed by atoms with E-state index in [2.05, 4.69) is 5.32 Å². The molecule has 0 aromatic rings. The Bertz CT molecular complexity index is 241. The Kier molecular flexibility index (Phi) is 5.98. The second kappa shape index (κ2) is 7.78. The Morgan fingerprint density at radius 3 is 2.11 bits per heavy atom. The van der Waals surface area contributed by atoms with Crippen LogP contribution in [-0.2, 0) is 4.79 Å². The van der Waals surface area contributed by atoms with Gasteiger partial charge in [0.05, 0.1) is 6.54 Å². The average molecular weight is 252 g/mol. The van der Waals surface area contributed by atoms with Gasteiger partial charge in [-0.1, -0.05) is 32.1 Å². The van der Waals surface area contributed by atoms with Crippen molar-refractivity contribution in [1.82, 2.24) is 10.2 Å². The molecule has 1 aliphatic heterocycles. The molecule has 2 fully saturated rings. The summed E-state index contributed by atoms with van der Waals surface area (Å²) in [5.41, 5.74) is 0. The van der Waals surface area contributed by atoms with Gasteiger partial charge in [-0.05, 0) is 32.1 Å². The summed E-state index contributed by atoms with van der Waals surface area (Å²) in [5, 5.41) is 3.50. The summed E-state index contributed by atoms with van der Waals surface area (Å²) < 4.78 is 0. The van der Waals surface area contributed by atoms with Crippen LogP contribution in [0.25, 0.3) is 0 Å². The van der Waals surface area contributed by atoms with Crippen molar-refractivity contribution in [2.45, 2.75) is 70.3 Å². The van der Waals surface area contributed by atoms with E-state index >= 15 is 0 Å². The summed E-state index contributed by atoms with van der Waals surface area (Å²) in [6.45, 7) is 2.51. The molecule has 1 saturated carbocycles. The molecule has 18 heavy (non-hydrogen) atoms. The monoisotopic (exact) mass is 252 g/mol. The average Bonchev–Trinajstić information content (AvgIpc) is 2.38. The zero-order valence-corrected chi connectivity index (χ0v) is 11.6. The van der Waals surface area contributed by atoms with Gasteiger partial charge in [0.1, 0.15) is 0 Å². The number of hydrogen-bond acceptors (Lipinski definition) is 2. The number of rotatable bonds is 3. The molecule has 1 heterocycles. The van der Waals surface area contributed by atoms with Crippen LogP contribution in [0.15, 0.2) is 0 Å². The van der Waals surface area contributed by atoms with Crippen molar-refractivity contribution in [3.63, 3.8) is 0 Å². The molecule has 0 atom stereocenters. The lowest BCUT2D eigenvalue weighted by molar-refractivity contribution is -0.131. The molecular weight excluding hydrogens is 224 g/mol. The second-order valence-electron chi connectivity index (χ2n) is 5.86. The van der Waals surface area contributed by atoms with Gasteiger partial charge in [0.25, 0.3) is 0 Å². The summed E-state index contributed by atoms with van der Waals surface area (Å²) in [5.74, 6) is 0.316. The van der Waals surface area contributed by atoms with E-state index in [0.29, 0.717) is 18.5 Å². The lowest BCUT2D eigenvalue weighted by Crippen LogP contribution is -2.43. The molecule has 1 aliphatic carbocycles. The minimum atomic E-state index is 0.316. The number of carbonyl (C=O) groups excluding carboxylic acids is 1. The number of hydrogen-bond donors (Lipinski definition) is 1. The smallest absolute Gasteiger partial charge is 0.236 e. The SMILES string of the molecule is O=C(CNC1CCCCCCC1)N1CCCCC1. The summed E-state index contributed by atoms with van der Waals surface area (Å²) in [7, 11) is 0. The molecule has 2 aliphatic rings. The van der Waals surface area contributed by atoms with Crippen LogP contribution in [0.5, 0.6) is 0 Å². The molecule has 1 saturated heterocycles. The van der Waals surface area contributed by atoms with Crippen molar-refractivity contribution >= 4 is 5.91 Å². The summed E-state index contributed by atoms with van der Waals surface area (Å²) in [4.78, 5) is 14.1. The zero-order valence-electron chi connectivity index (χ0n) is 11.6. The van der Waals surface area contributed by atoms with Gasteiger partial charge in [-0.25, -0.2) is 0 Å². The van der Waals surface area contributed by atoms with Gasteiger partial charge in [0.2, 0.25) is 5.91 Å². The first-order chi connectivity index (χ1) is 8.86. The third-order valence-corrected chi connectivity index (χ3v) is 4.36. The summed E-state index contributed by atoms with van der Waals surface area (Å²) in [6, 6.07) is 0.582. The number of amides is 1. The van der Waals surface area contributed by atoms with Crippen LogP contribution < -0.4 is 5.32 Å². The Labute approximate surface area is 111 Å². The van der Waals surface area contributed by atoms with E-state index in [-0.39, 0.29) is 0 Å². The number of carbonyl (C=O) groups is 1. The van der Waals surface area contributed by atoms with Gasteiger partial charge in [-0.15, -0.1) is 0 Å². The minimum absolute atomic E-state index is 0.316. The maximum atomic E-state index is 12.1. The maximum absolute atomic E-state index is 12.1. The highest BCUT2D eigenvalue weighted by Crippen LogP contribution is 2.17. The highest BCUT2D eigenvalue weighted by atomic mass is 16.2. The van der Waals surface area contributed by atoms with Gasteiger partial charge < -0.3 is 10.2 Å². The lowest BCUT2D eigenvalue weighted by atomic mass is 9.97. The van der Waals surface area contributed by atoms with Crippen molar-refractivity contribution in [2.75, 3.05) is 19.6 Å². The fourth-order valence-electron chi connectivity index (χ4n) is 3.15. The Hall–Kier alpha value is -0.570. The van der Waals surface area contributed by atoms with E-state index in [0.717, 1.165) is 13.1 Å². The first kappa shape index (κ1) is 13.9.